The normalized spacial score (nSPS) is 10.9. The van der Waals surface area contributed by atoms with E-state index in [1.165, 1.54) is 7.11 Å². The summed E-state index contributed by atoms with van der Waals surface area (Å²) < 4.78 is 4.98. The predicted octanol–water partition coefficient (Wildman–Crippen LogP) is 2.54. The molecule has 5 nitrogen and oxygen atoms in total. The Morgan fingerprint density at radius 3 is 2.64 bits per heavy atom. The van der Waals surface area contributed by atoms with E-state index in [1.54, 1.807) is 12.4 Å². The SMILES string of the molecule is COc1ncc(-c2cc(C)c3cccc(CCO)c3n2)cn1. The van der Waals surface area contributed by atoms with Crippen LogP contribution in [0.25, 0.3) is 22.2 Å². The molecular formula is C17H17N3O2. The fourth-order valence-corrected chi connectivity index (χ4v) is 2.50. The molecule has 0 radical (unpaired) electrons. The van der Waals surface area contributed by atoms with Crippen LogP contribution >= 0.6 is 0 Å². The third-order valence-corrected chi connectivity index (χ3v) is 3.62. The van der Waals surface area contributed by atoms with Crippen LogP contribution in [0.2, 0.25) is 0 Å². The first-order valence-corrected chi connectivity index (χ1v) is 7.09. The standard InChI is InChI=1S/C17H17N3O2/c1-11-8-15(13-9-18-17(22-2)19-10-13)20-16-12(6-7-21)4-3-5-14(11)16/h3-5,8-10,21H,6-7H2,1-2H3. The molecular weight excluding hydrogens is 278 g/mol. The molecule has 0 atom stereocenters. The van der Waals surface area contributed by atoms with E-state index >= 15 is 0 Å². The summed E-state index contributed by atoms with van der Waals surface area (Å²) in [5.41, 5.74) is 4.75. The van der Waals surface area contributed by atoms with Gasteiger partial charge in [-0.1, -0.05) is 18.2 Å². The van der Waals surface area contributed by atoms with Crippen LogP contribution in [0.15, 0.2) is 36.7 Å². The average Bonchev–Trinajstić information content (AvgIpc) is 2.56. The minimum atomic E-state index is 0.107. The number of benzene rings is 1. The number of aliphatic hydroxyl groups excluding tert-OH is 1. The number of hydrogen-bond acceptors (Lipinski definition) is 5. The highest BCUT2D eigenvalue weighted by molar-refractivity contribution is 5.87. The lowest BCUT2D eigenvalue weighted by atomic mass is 10.0. The summed E-state index contributed by atoms with van der Waals surface area (Å²) in [4.78, 5) is 13.0. The maximum atomic E-state index is 9.23. The number of aliphatic hydroxyl groups is 1. The summed E-state index contributed by atoms with van der Waals surface area (Å²) in [6.45, 7) is 2.16. The molecule has 0 unspecified atom stereocenters. The number of ether oxygens (including phenoxy) is 1. The first-order chi connectivity index (χ1) is 10.7. The molecule has 22 heavy (non-hydrogen) atoms. The zero-order chi connectivity index (χ0) is 15.5. The van der Waals surface area contributed by atoms with Crippen LogP contribution in [0.1, 0.15) is 11.1 Å². The van der Waals surface area contributed by atoms with Crippen LogP contribution in [-0.2, 0) is 6.42 Å². The number of fused-ring (bicyclic) bond motifs is 1. The molecule has 3 rings (SSSR count). The lowest BCUT2D eigenvalue weighted by Crippen LogP contribution is -1.97. The van der Waals surface area contributed by atoms with Crippen molar-refractivity contribution in [1.29, 1.82) is 0 Å². The molecule has 2 heterocycles. The van der Waals surface area contributed by atoms with Gasteiger partial charge in [0, 0.05) is 30.0 Å². The van der Waals surface area contributed by atoms with Gasteiger partial charge in [-0.2, -0.15) is 0 Å². The molecule has 2 aromatic heterocycles. The third kappa shape index (κ3) is 2.63. The minimum Gasteiger partial charge on any atom is -0.467 e. The van der Waals surface area contributed by atoms with E-state index in [4.69, 9.17) is 9.72 Å². The smallest absolute Gasteiger partial charge is 0.316 e. The number of methoxy groups -OCH3 is 1. The molecule has 0 aliphatic carbocycles. The van der Waals surface area contributed by atoms with Crippen molar-refractivity contribution in [3.05, 3.63) is 47.8 Å². The van der Waals surface area contributed by atoms with Crippen LogP contribution in [0.4, 0.5) is 0 Å². The van der Waals surface area contributed by atoms with Gasteiger partial charge in [0.2, 0.25) is 0 Å². The highest BCUT2D eigenvalue weighted by atomic mass is 16.5. The van der Waals surface area contributed by atoms with Gasteiger partial charge in [0.05, 0.1) is 18.3 Å². The molecule has 0 bridgehead atoms. The Morgan fingerprint density at radius 1 is 1.18 bits per heavy atom. The van der Waals surface area contributed by atoms with Crippen molar-refractivity contribution in [2.75, 3.05) is 13.7 Å². The Morgan fingerprint density at radius 2 is 1.95 bits per heavy atom. The molecule has 3 aromatic rings. The summed E-state index contributed by atoms with van der Waals surface area (Å²) in [6.07, 6.45) is 3.99. The van der Waals surface area contributed by atoms with Crippen molar-refractivity contribution >= 4 is 10.9 Å². The van der Waals surface area contributed by atoms with E-state index in [1.807, 2.05) is 24.3 Å². The van der Waals surface area contributed by atoms with Crippen molar-refractivity contribution in [2.45, 2.75) is 13.3 Å². The van der Waals surface area contributed by atoms with Crippen molar-refractivity contribution in [2.24, 2.45) is 0 Å². The Kier molecular flexibility index (Phi) is 3.98. The highest BCUT2D eigenvalue weighted by Crippen LogP contribution is 2.26. The van der Waals surface area contributed by atoms with E-state index in [-0.39, 0.29) is 6.61 Å². The second kappa shape index (κ2) is 6.07. The fourth-order valence-electron chi connectivity index (χ4n) is 2.50. The van der Waals surface area contributed by atoms with Crippen LogP contribution in [-0.4, -0.2) is 33.8 Å². The first kappa shape index (κ1) is 14.4. The van der Waals surface area contributed by atoms with Gasteiger partial charge in [-0.25, -0.2) is 15.0 Å². The van der Waals surface area contributed by atoms with E-state index in [2.05, 4.69) is 16.9 Å². The number of aryl methyl sites for hydroxylation is 1. The molecule has 0 fully saturated rings. The molecule has 0 aliphatic heterocycles. The van der Waals surface area contributed by atoms with Crippen LogP contribution in [0.5, 0.6) is 6.01 Å². The van der Waals surface area contributed by atoms with Crippen molar-refractivity contribution < 1.29 is 9.84 Å². The van der Waals surface area contributed by atoms with Gasteiger partial charge in [-0.3, -0.25) is 0 Å². The summed E-state index contributed by atoms with van der Waals surface area (Å²) in [7, 11) is 1.54. The second-order valence-corrected chi connectivity index (χ2v) is 5.07. The van der Waals surface area contributed by atoms with E-state index in [9.17, 15) is 5.11 Å². The molecule has 112 valence electrons. The summed E-state index contributed by atoms with van der Waals surface area (Å²) in [6, 6.07) is 8.41. The van der Waals surface area contributed by atoms with Gasteiger partial charge < -0.3 is 9.84 Å². The molecule has 0 saturated heterocycles. The number of rotatable bonds is 4. The first-order valence-electron chi connectivity index (χ1n) is 7.09. The van der Waals surface area contributed by atoms with Gasteiger partial charge in [0.1, 0.15) is 0 Å². The van der Waals surface area contributed by atoms with Gasteiger partial charge in [0.15, 0.2) is 0 Å². The number of para-hydroxylation sites is 1. The predicted molar refractivity (Wildman–Crippen MR) is 84.8 cm³/mol. The average molecular weight is 295 g/mol. The summed E-state index contributed by atoms with van der Waals surface area (Å²) in [5.74, 6) is 0. The Hall–Kier alpha value is -2.53. The number of pyridine rings is 1. The number of hydrogen-bond donors (Lipinski definition) is 1. The monoisotopic (exact) mass is 295 g/mol. The number of nitrogens with zero attached hydrogens (tertiary/aromatic N) is 3. The van der Waals surface area contributed by atoms with E-state index in [0.717, 1.165) is 33.3 Å². The Labute approximate surface area is 128 Å². The molecule has 0 spiro atoms. The summed E-state index contributed by atoms with van der Waals surface area (Å²) in [5, 5.41) is 10.3. The topological polar surface area (TPSA) is 68.1 Å². The third-order valence-electron chi connectivity index (χ3n) is 3.62. The zero-order valence-electron chi connectivity index (χ0n) is 12.6. The lowest BCUT2D eigenvalue weighted by molar-refractivity contribution is 0.300. The minimum absolute atomic E-state index is 0.107. The Balaban J connectivity index is 2.15. The highest BCUT2D eigenvalue weighted by Gasteiger charge is 2.09. The van der Waals surface area contributed by atoms with Crippen LogP contribution in [0, 0.1) is 6.92 Å². The second-order valence-electron chi connectivity index (χ2n) is 5.07. The number of aromatic nitrogens is 3. The largest absolute Gasteiger partial charge is 0.467 e. The lowest BCUT2D eigenvalue weighted by Gasteiger charge is -2.10. The van der Waals surface area contributed by atoms with E-state index in [0.29, 0.717) is 12.4 Å². The Bertz CT molecular complexity index is 801. The van der Waals surface area contributed by atoms with Crippen LogP contribution in [0.3, 0.4) is 0 Å². The maximum absolute atomic E-state index is 9.23. The molecule has 1 aromatic carbocycles. The summed E-state index contributed by atoms with van der Waals surface area (Å²) >= 11 is 0. The maximum Gasteiger partial charge on any atom is 0.316 e. The zero-order valence-corrected chi connectivity index (χ0v) is 12.6. The molecule has 1 N–H and O–H groups in total. The molecule has 0 aliphatic rings. The van der Waals surface area contributed by atoms with Crippen molar-refractivity contribution in [3.8, 4) is 17.3 Å². The molecule has 0 saturated carbocycles. The van der Waals surface area contributed by atoms with E-state index < -0.39 is 0 Å². The van der Waals surface area contributed by atoms with Gasteiger partial charge in [-0.05, 0) is 30.5 Å². The fraction of sp³-hybridized carbons (Fsp3) is 0.235. The quantitative estimate of drug-likeness (QED) is 0.801. The van der Waals surface area contributed by atoms with Gasteiger partial charge >= 0.3 is 6.01 Å². The van der Waals surface area contributed by atoms with Crippen molar-refractivity contribution in [3.63, 3.8) is 0 Å². The van der Waals surface area contributed by atoms with Gasteiger partial charge in [0.25, 0.3) is 0 Å². The van der Waals surface area contributed by atoms with Crippen molar-refractivity contribution in [1.82, 2.24) is 15.0 Å². The van der Waals surface area contributed by atoms with Gasteiger partial charge in [-0.15, -0.1) is 0 Å². The molecule has 0 amide bonds. The van der Waals surface area contributed by atoms with Crippen LogP contribution < -0.4 is 4.74 Å². The molecule has 5 heteroatoms.